The van der Waals surface area contributed by atoms with Gasteiger partial charge in [-0.2, -0.15) is 0 Å². The maximum absolute atomic E-state index is 3.60. The average Bonchev–Trinajstić information content (AvgIpc) is 2.08. The van der Waals surface area contributed by atoms with Crippen molar-refractivity contribution in [1.82, 2.24) is 5.32 Å². The molecule has 0 aromatic rings. The third kappa shape index (κ3) is 3.98. The van der Waals surface area contributed by atoms with E-state index in [-0.39, 0.29) is 0 Å². The predicted octanol–water partition coefficient (Wildman–Crippen LogP) is 3.47. The lowest BCUT2D eigenvalue weighted by Crippen LogP contribution is -2.34. The lowest BCUT2D eigenvalue weighted by Gasteiger charge is -2.33. The van der Waals surface area contributed by atoms with Crippen molar-refractivity contribution in [2.24, 2.45) is 23.7 Å². The summed E-state index contributed by atoms with van der Waals surface area (Å²) in [4.78, 5) is 0. The van der Waals surface area contributed by atoms with Crippen molar-refractivity contribution in [1.29, 1.82) is 0 Å². The SMILES string of the molecule is CC1=C[C@H](C)[C@@H](CNCC(C)C)[C@H](C)C1. The van der Waals surface area contributed by atoms with Crippen LogP contribution in [0.15, 0.2) is 11.6 Å². The molecule has 0 aromatic heterocycles. The molecule has 0 fully saturated rings. The van der Waals surface area contributed by atoms with Gasteiger partial charge in [0.15, 0.2) is 0 Å². The molecule has 0 aliphatic heterocycles. The smallest absolute Gasteiger partial charge is 0.00122 e. The van der Waals surface area contributed by atoms with Gasteiger partial charge in [0.05, 0.1) is 0 Å². The number of hydrogen-bond acceptors (Lipinski definition) is 1. The standard InChI is InChI=1S/C14H27N/c1-10(2)8-15-9-14-12(4)6-11(3)7-13(14)5/h6,10,12-15H,7-9H2,1-5H3/t12-,13+,14+/m0/s1. The molecule has 0 radical (unpaired) electrons. The van der Waals surface area contributed by atoms with Crippen molar-refractivity contribution in [2.45, 2.75) is 41.0 Å². The molecule has 15 heavy (non-hydrogen) atoms. The van der Waals surface area contributed by atoms with Crippen LogP contribution in [0.25, 0.3) is 0 Å². The Hall–Kier alpha value is -0.300. The van der Waals surface area contributed by atoms with Crippen LogP contribution in [0, 0.1) is 23.7 Å². The topological polar surface area (TPSA) is 12.0 Å². The molecule has 0 bridgehead atoms. The Kier molecular flexibility index (Phi) is 4.85. The van der Waals surface area contributed by atoms with Crippen LogP contribution in [-0.4, -0.2) is 13.1 Å². The van der Waals surface area contributed by atoms with Gasteiger partial charge in [0.2, 0.25) is 0 Å². The number of rotatable bonds is 4. The van der Waals surface area contributed by atoms with E-state index in [2.05, 4.69) is 46.0 Å². The van der Waals surface area contributed by atoms with Crippen molar-refractivity contribution in [3.8, 4) is 0 Å². The Labute approximate surface area is 95.3 Å². The van der Waals surface area contributed by atoms with Crippen LogP contribution >= 0.6 is 0 Å². The summed E-state index contributed by atoms with van der Waals surface area (Å²) in [7, 11) is 0. The molecular weight excluding hydrogens is 182 g/mol. The molecule has 0 aromatic carbocycles. The minimum Gasteiger partial charge on any atom is -0.316 e. The van der Waals surface area contributed by atoms with E-state index in [0.29, 0.717) is 0 Å². The van der Waals surface area contributed by atoms with Crippen molar-refractivity contribution in [2.75, 3.05) is 13.1 Å². The Morgan fingerprint density at radius 3 is 2.60 bits per heavy atom. The van der Waals surface area contributed by atoms with E-state index in [4.69, 9.17) is 0 Å². The number of hydrogen-bond donors (Lipinski definition) is 1. The normalized spacial score (nSPS) is 31.9. The Morgan fingerprint density at radius 2 is 2.07 bits per heavy atom. The fourth-order valence-electron chi connectivity index (χ4n) is 2.74. The van der Waals surface area contributed by atoms with Crippen molar-refractivity contribution in [3.05, 3.63) is 11.6 Å². The van der Waals surface area contributed by atoms with Crippen LogP contribution in [0.1, 0.15) is 41.0 Å². The van der Waals surface area contributed by atoms with E-state index in [1.807, 2.05) is 0 Å². The summed E-state index contributed by atoms with van der Waals surface area (Å²) in [6, 6.07) is 0. The summed E-state index contributed by atoms with van der Waals surface area (Å²) in [5.74, 6) is 3.17. The Morgan fingerprint density at radius 1 is 1.40 bits per heavy atom. The molecule has 1 N–H and O–H groups in total. The molecule has 0 heterocycles. The van der Waals surface area contributed by atoms with Crippen LogP contribution in [0.5, 0.6) is 0 Å². The molecule has 1 heteroatoms. The quantitative estimate of drug-likeness (QED) is 0.699. The van der Waals surface area contributed by atoms with Crippen LogP contribution in [-0.2, 0) is 0 Å². The molecule has 0 saturated carbocycles. The monoisotopic (exact) mass is 209 g/mol. The van der Waals surface area contributed by atoms with Gasteiger partial charge < -0.3 is 5.32 Å². The highest BCUT2D eigenvalue weighted by atomic mass is 14.9. The first-order valence-corrected chi connectivity index (χ1v) is 6.38. The summed E-state index contributed by atoms with van der Waals surface area (Å²) in [6.07, 6.45) is 3.75. The van der Waals surface area contributed by atoms with E-state index >= 15 is 0 Å². The van der Waals surface area contributed by atoms with Crippen molar-refractivity contribution in [3.63, 3.8) is 0 Å². The van der Waals surface area contributed by atoms with Crippen LogP contribution in [0.4, 0.5) is 0 Å². The van der Waals surface area contributed by atoms with Crippen molar-refractivity contribution < 1.29 is 0 Å². The van der Waals surface area contributed by atoms with Gasteiger partial charge in [-0.25, -0.2) is 0 Å². The number of allylic oxidation sites excluding steroid dienone is 2. The molecule has 1 nitrogen and oxygen atoms in total. The van der Waals surface area contributed by atoms with Gasteiger partial charge >= 0.3 is 0 Å². The first-order chi connectivity index (χ1) is 7.00. The molecule has 0 saturated heterocycles. The zero-order valence-electron chi connectivity index (χ0n) is 11.0. The second kappa shape index (κ2) is 5.69. The molecular formula is C14H27N. The third-order valence-electron chi connectivity index (χ3n) is 3.53. The molecule has 1 aliphatic carbocycles. The molecule has 3 atom stereocenters. The second-order valence-electron chi connectivity index (χ2n) is 5.77. The first kappa shape index (κ1) is 12.8. The zero-order valence-corrected chi connectivity index (χ0v) is 11.0. The highest BCUT2D eigenvalue weighted by Crippen LogP contribution is 2.32. The lowest BCUT2D eigenvalue weighted by atomic mass is 9.75. The van der Waals surface area contributed by atoms with E-state index in [9.17, 15) is 0 Å². The molecule has 1 rings (SSSR count). The molecule has 0 unspecified atom stereocenters. The van der Waals surface area contributed by atoms with Gasteiger partial charge in [0.1, 0.15) is 0 Å². The highest BCUT2D eigenvalue weighted by molar-refractivity contribution is 5.08. The first-order valence-electron chi connectivity index (χ1n) is 6.38. The van der Waals surface area contributed by atoms with Gasteiger partial charge in [-0.1, -0.05) is 39.3 Å². The Balaban J connectivity index is 2.40. The zero-order chi connectivity index (χ0) is 11.4. The minimum atomic E-state index is 0.744. The molecule has 88 valence electrons. The van der Waals surface area contributed by atoms with Gasteiger partial charge in [0, 0.05) is 0 Å². The van der Waals surface area contributed by atoms with Gasteiger partial charge in [-0.05, 0) is 50.1 Å². The van der Waals surface area contributed by atoms with Crippen molar-refractivity contribution >= 4 is 0 Å². The maximum atomic E-state index is 3.60. The summed E-state index contributed by atoms with van der Waals surface area (Å²) >= 11 is 0. The summed E-state index contributed by atoms with van der Waals surface area (Å²) in [6.45, 7) is 13.9. The van der Waals surface area contributed by atoms with Crippen LogP contribution in [0.3, 0.4) is 0 Å². The van der Waals surface area contributed by atoms with E-state index in [1.165, 1.54) is 13.0 Å². The van der Waals surface area contributed by atoms with Gasteiger partial charge in [-0.3, -0.25) is 0 Å². The predicted molar refractivity (Wildman–Crippen MR) is 67.9 cm³/mol. The summed E-state index contributed by atoms with van der Waals surface area (Å²) < 4.78 is 0. The average molecular weight is 209 g/mol. The van der Waals surface area contributed by atoms with Crippen LogP contribution in [0.2, 0.25) is 0 Å². The maximum Gasteiger partial charge on any atom is -0.00122 e. The fraction of sp³-hybridized carbons (Fsp3) is 0.857. The molecule has 0 spiro atoms. The minimum absolute atomic E-state index is 0.744. The second-order valence-corrected chi connectivity index (χ2v) is 5.77. The van der Waals surface area contributed by atoms with E-state index < -0.39 is 0 Å². The van der Waals surface area contributed by atoms with Gasteiger partial charge in [-0.15, -0.1) is 0 Å². The van der Waals surface area contributed by atoms with Crippen LogP contribution < -0.4 is 5.32 Å². The molecule has 0 amide bonds. The van der Waals surface area contributed by atoms with E-state index in [0.717, 1.165) is 30.2 Å². The third-order valence-corrected chi connectivity index (χ3v) is 3.53. The fourth-order valence-corrected chi connectivity index (χ4v) is 2.74. The van der Waals surface area contributed by atoms with E-state index in [1.54, 1.807) is 5.57 Å². The summed E-state index contributed by atoms with van der Waals surface area (Å²) in [5.41, 5.74) is 1.58. The largest absolute Gasteiger partial charge is 0.316 e. The lowest BCUT2D eigenvalue weighted by molar-refractivity contribution is 0.258. The number of nitrogens with one attached hydrogen (secondary N) is 1. The summed E-state index contributed by atoms with van der Waals surface area (Å²) in [5, 5.41) is 3.60. The Bertz CT molecular complexity index is 217. The highest BCUT2D eigenvalue weighted by Gasteiger charge is 2.25. The molecule has 1 aliphatic rings. The van der Waals surface area contributed by atoms with Gasteiger partial charge in [0.25, 0.3) is 0 Å².